The average molecular weight is 247 g/mol. The summed E-state index contributed by atoms with van der Waals surface area (Å²) in [6, 6.07) is 12.1. The quantitative estimate of drug-likeness (QED) is 0.628. The summed E-state index contributed by atoms with van der Waals surface area (Å²) in [6.45, 7) is 0. The van der Waals surface area contributed by atoms with Crippen LogP contribution in [0, 0.1) is 0 Å². The zero-order valence-corrected chi connectivity index (χ0v) is 8.57. The molecule has 0 radical (unpaired) electrons. The van der Waals surface area contributed by atoms with E-state index in [-0.39, 0.29) is 34.5 Å². The fourth-order valence-corrected chi connectivity index (χ4v) is 2.27. The molecule has 80 valence electrons. The van der Waals surface area contributed by atoms with Crippen molar-refractivity contribution in [1.82, 2.24) is 0 Å². The van der Waals surface area contributed by atoms with Crippen LogP contribution in [0.1, 0.15) is 0 Å². The molecule has 2 aromatic rings. The molecule has 2 aromatic carbocycles. The molecule has 0 aliphatic rings. The van der Waals surface area contributed by atoms with E-state index in [1.54, 1.807) is 18.2 Å². The molecule has 0 spiro atoms. The maximum absolute atomic E-state index is 11.5. The molecule has 0 fully saturated rings. The van der Waals surface area contributed by atoms with E-state index < -0.39 is 10.1 Å². The first-order valence-corrected chi connectivity index (χ1v) is 5.67. The fourth-order valence-electron chi connectivity index (χ4n) is 1.47. The van der Waals surface area contributed by atoms with Crippen LogP contribution in [0.2, 0.25) is 0 Å². The molecule has 0 atom stereocenters. The molecule has 0 bridgehead atoms. The summed E-state index contributed by atoms with van der Waals surface area (Å²) in [5.74, 6) is 4.74. The Bertz CT molecular complexity index is 593. The van der Waals surface area contributed by atoms with Gasteiger partial charge in [-0.25, -0.2) is 0 Å². The van der Waals surface area contributed by atoms with Crippen molar-refractivity contribution in [1.29, 1.82) is 0 Å². The van der Waals surface area contributed by atoms with E-state index in [1.165, 1.54) is 6.07 Å². The first kappa shape index (κ1) is 13.6. The van der Waals surface area contributed by atoms with Gasteiger partial charge in [-0.2, -0.15) is 18.6 Å². The minimum absolute atomic E-state index is 0. The summed E-state index contributed by atoms with van der Waals surface area (Å²) in [5, 5.41) is 1.43. The Labute approximate surface area is 116 Å². The third-order valence-corrected chi connectivity index (χ3v) is 3.29. The summed E-state index contributed by atoms with van der Waals surface area (Å²) < 4.78 is 26.9. The van der Waals surface area contributed by atoms with E-state index in [2.05, 4.69) is 4.28 Å². The molecule has 2 N–H and O–H groups in total. The van der Waals surface area contributed by atoms with Gasteiger partial charge in [0.15, 0.2) is 0 Å². The molecule has 0 amide bonds. The zero-order chi connectivity index (χ0) is 10.9. The van der Waals surface area contributed by atoms with Gasteiger partial charge in [-0.15, -0.1) is 0 Å². The van der Waals surface area contributed by atoms with Crippen LogP contribution in [-0.4, -0.2) is 38.0 Å². The van der Waals surface area contributed by atoms with Gasteiger partial charge in [-0.05, 0) is 11.5 Å². The first-order valence-electron chi connectivity index (χ1n) is 4.26. The number of rotatable bonds is 2. The summed E-state index contributed by atoms with van der Waals surface area (Å²) in [7, 11) is -3.85. The Morgan fingerprint density at radius 3 is 2.31 bits per heavy atom. The number of benzene rings is 2. The Kier molecular flexibility index (Phi) is 4.49. The molecule has 16 heavy (non-hydrogen) atoms. The Balaban J connectivity index is 0.00000128. The van der Waals surface area contributed by atoms with E-state index in [0.717, 1.165) is 5.39 Å². The van der Waals surface area contributed by atoms with Crippen LogP contribution >= 0.6 is 0 Å². The van der Waals surface area contributed by atoms with Crippen molar-refractivity contribution < 1.29 is 12.7 Å². The molecule has 4 nitrogen and oxygen atoms in total. The van der Waals surface area contributed by atoms with Gasteiger partial charge in [-0.3, -0.25) is 0 Å². The van der Waals surface area contributed by atoms with Crippen LogP contribution in [0.15, 0.2) is 47.4 Å². The molecule has 6 heteroatoms. The molecule has 2 rings (SSSR count). The van der Waals surface area contributed by atoms with E-state index >= 15 is 0 Å². The Morgan fingerprint density at radius 1 is 1.00 bits per heavy atom. The summed E-state index contributed by atoms with van der Waals surface area (Å²) in [4.78, 5) is 0.0862. The Morgan fingerprint density at radius 2 is 1.62 bits per heavy atom. The van der Waals surface area contributed by atoms with Gasteiger partial charge in [0.1, 0.15) is 4.90 Å². The van der Waals surface area contributed by atoms with Crippen LogP contribution in [0.4, 0.5) is 0 Å². The van der Waals surface area contributed by atoms with Crippen molar-refractivity contribution in [2.75, 3.05) is 0 Å². The minimum atomic E-state index is -3.85. The first-order chi connectivity index (χ1) is 7.15. The van der Waals surface area contributed by atoms with E-state index in [1.807, 2.05) is 18.2 Å². The van der Waals surface area contributed by atoms with E-state index in [0.29, 0.717) is 5.39 Å². The predicted molar refractivity (Wildman–Crippen MR) is 63.6 cm³/mol. The molecule has 0 aliphatic carbocycles. The topological polar surface area (TPSA) is 69.4 Å². The third-order valence-electron chi connectivity index (χ3n) is 2.15. The van der Waals surface area contributed by atoms with Gasteiger partial charge in [0, 0.05) is 5.39 Å². The van der Waals surface area contributed by atoms with Crippen molar-refractivity contribution in [3.63, 3.8) is 0 Å². The summed E-state index contributed by atoms with van der Waals surface area (Å²) in [5.41, 5.74) is 0. The molecule has 0 saturated carbocycles. The van der Waals surface area contributed by atoms with Gasteiger partial charge in [0.2, 0.25) is 0 Å². The predicted octanol–water partition coefficient (Wildman–Crippen LogP) is 0.770. The molecular formula is C10H10NNaO3S. The molecule has 0 unspecified atom stereocenters. The zero-order valence-electron chi connectivity index (χ0n) is 7.75. The second kappa shape index (κ2) is 5.27. The fraction of sp³-hybridized carbons (Fsp3) is 0. The summed E-state index contributed by atoms with van der Waals surface area (Å²) >= 11 is 0. The normalized spacial score (nSPS) is 11.1. The van der Waals surface area contributed by atoms with E-state index in [4.69, 9.17) is 5.90 Å². The van der Waals surface area contributed by atoms with Crippen molar-refractivity contribution in [2.45, 2.75) is 4.90 Å². The van der Waals surface area contributed by atoms with Crippen molar-refractivity contribution >= 4 is 50.4 Å². The number of nitrogens with two attached hydrogens (primary N) is 1. The van der Waals surface area contributed by atoms with Crippen molar-refractivity contribution in [3.8, 4) is 0 Å². The van der Waals surface area contributed by atoms with Gasteiger partial charge in [0.25, 0.3) is 0 Å². The third kappa shape index (κ3) is 2.45. The van der Waals surface area contributed by atoms with Gasteiger partial charge >= 0.3 is 39.7 Å². The van der Waals surface area contributed by atoms with Crippen LogP contribution in [-0.2, 0) is 14.4 Å². The molecular weight excluding hydrogens is 237 g/mol. The van der Waals surface area contributed by atoms with Crippen molar-refractivity contribution in [3.05, 3.63) is 42.5 Å². The number of hydrogen-bond acceptors (Lipinski definition) is 4. The van der Waals surface area contributed by atoms with Gasteiger partial charge in [-0.1, -0.05) is 36.4 Å². The van der Waals surface area contributed by atoms with Crippen LogP contribution in [0.3, 0.4) is 0 Å². The molecule has 0 saturated heterocycles. The SMILES string of the molecule is NOS(=O)(=O)c1cccc2ccccc12.[NaH]. The monoisotopic (exact) mass is 247 g/mol. The van der Waals surface area contributed by atoms with E-state index in [9.17, 15) is 8.42 Å². The maximum atomic E-state index is 11.5. The Hall–Kier alpha value is -0.430. The average Bonchev–Trinajstić information content (AvgIpc) is 2.28. The molecule has 0 heterocycles. The second-order valence-electron chi connectivity index (χ2n) is 3.03. The standard InChI is InChI=1S/C10H9NO3S.Na.H/c11-14-15(12,13)10-7-3-5-8-4-1-2-6-9(8)10;;/h1-7H,11H2;;. The van der Waals surface area contributed by atoms with Gasteiger partial charge in [0.05, 0.1) is 0 Å². The van der Waals surface area contributed by atoms with Crippen molar-refractivity contribution in [2.24, 2.45) is 5.90 Å². The van der Waals surface area contributed by atoms with Crippen LogP contribution < -0.4 is 5.90 Å². The second-order valence-corrected chi connectivity index (χ2v) is 4.57. The van der Waals surface area contributed by atoms with Crippen LogP contribution in [0.5, 0.6) is 0 Å². The molecule has 0 aromatic heterocycles. The van der Waals surface area contributed by atoms with Gasteiger partial charge < -0.3 is 0 Å². The summed E-state index contributed by atoms with van der Waals surface area (Å²) in [6.07, 6.45) is 0. The molecule has 0 aliphatic heterocycles. The number of fused-ring (bicyclic) bond motifs is 1. The van der Waals surface area contributed by atoms with Crippen LogP contribution in [0.25, 0.3) is 10.8 Å². The number of hydrogen-bond donors (Lipinski definition) is 1.